The van der Waals surface area contributed by atoms with Gasteiger partial charge >= 0.3 is 0 Å². The van der Waals surface area contributed by atoms with Crippen molar-refractivity contribution < 1.29 is 22.9 Å². The van der Waals surface area contributed by atoms with Crippen LogP contribution in [0.4, 0.5) is 11.5 Å². The Morgan fingerprint density at radius 3 is 2.44 bits per heavy atom. The third-order valence-corrected chi connectivity index (χ3v) is 8.36. The van der Waals surface area contributed by atoms with Crippen molar-refractivity contribution in [3.8, 4) is 22.7 Å². The van der Waals surface area contributed by atoms with E-state index < -0.39 is 33.1 Å². The molecule has 0 aliphatic rings. The van der Waals surface area contributed by atoms with Crippen molar-refractivity contribution in [2.24, 2.45) is 0 Å². The van der Waals surface area contributed by atoms with Crippen LogP contribution in [0.2, 0.25) is 5.02 Å². The van der Waals surface area contributed by atoms with Crippen molar-refractivity contribution in [2.75, 3.05) is 25.5 Å². The van der Waals surface area contributed by atoms with Gasteiger partial charge in [-0.2, -0.15) is 9.40 Å². The number of sulfonamides is 1. The van der Waals surface area contributed by atoms with Gasteiger partial charge in [0, 0.05) is 24.2 Å². The van der Waals surface area contributed by atoms with E-state index in [4.69, 9.17) is 16.3 Å². The van der Waals surface area contributed by atoms with Crippen molar-refractivity contribution in [3.63, 3.8) is 0 Å². The lowest BCUT2D eigenvalue weighted by Crippen LogP contribution is -2.39. The van der Waals surface area contributed by atoms with Crippen LogP contribution < -0.4 is 10.1 Å². The summed E-state index contributed by atoms with van der Waals surface area (Å²) in [5, 5.41) is 18.6. The number of anilines is 1. The second-order valence-electron chi connectivity index (χ2n) is 9.00. The summed E-state index contributed by atoms with van der Waals surface area (Å²) in [6.07, 6.45) is 1.14. The van der Waals surface area contributed by atoms with E-state index in [0.29, 0.717) is 35.8 Å². The number of nitrogens with zero attached hydrogens (tertiary/aromatic N) is 4. The molecule has 1 heterocycles. The molecule has 0 radical (unpaired) electrons. The van der Waals surface area contributed by atoms with E-state index in [1.54, 1.807) is 42.1 Å². The summed E-state index contributed by atoms with van der Waals surface area (Å²) in [6, 6.07) is 21.4. The normalized spacial score (nSPS) is 11.4. The maximum atomic E-state index is 13.5. The average molecular weight is 598 g/mol. The Kier molecular flexibility index (Phi) is 9.38. The largest absolute Gasteiger partial charge is 0.497 e. The van der Waals surface area contributed by atoms with Crippen molar-refractivity contribution in [1.82, 2.24) is 14.1 Å². The summed E-state index contributed by atoms with van der Waals surface area (Å²) < 4.78 is 34.8. The Labute approximate surface area is 242 Å². The van der Waals surface area contributed by atoms with Crippen LogP contribution in [-0.4, -0.2) is 53.5 Å². The Morgan fingerprint density at radius 2 is 1.80 bits per heavy atom. The summed E-state index contributed by atoms with van der Waals surface area (Å²) in [7, 11) is -2.71. The number of benzene rings is 3. The van der Waals surface area contributed by atoms with Crippen molar-refractivity contribution in [3.05, 3.63) is 94.0 Å². The van der Waals surface area contributed by atoms with Crippen LogP contribution in [0.15, 0.2) is 83.8 Å². The average Bonchev–Trinajstić information content (AvgIpc) is 3.39. The first-order chi connectivity index (χ1) is 19.6. The molecule has 4 aromatic rings. The Morgan fingerprint density at radius 1 is 1.10 bits per heavy atom. The van der Waals surface area contributed by atoms with Gasteiger partial charge in [-0.1, -0.05) is 55.3 Å². The van der Waals surface area contributed by atoms with Gasteiger partial charge in [-0.3, -0.25) is 14.9 Å². The van der Waals surface area contributed by atoms with Gasteiger partial charge in [-0.15, -0.1) is 0 Å². The first kappa shape index (κ1) is 29.7. The van der Waals surface area contributed by atoms with Crippen molar-refractivity contribution >= 4 is 39.0 Å². The monoisotopic (exact) mass is 597 g/mol. The molecule has 41 heavy (non-hydrogen) atoms. The molecular weight excluding hydrogens is 570 g/mol. The number of nitro groups is 1. The molecule has 11 nitrogen and oxygen atoms in total. The topological polar surface area (TPSA) is 137 Å². The van der Waals surface area contributed by atoms with Gasteiger partial charge < -0.3 is 10.1 Å². The van der Waals surface area contributed by atoms with Gasteiger partial charge in [-0.05, 0) is 42.8 Å². The predicted octanol–water partition coefficient (Wildman–Crippen LogP) is 5.54. The lowest BCUT2D eigenvalue weighted by atomic mass is 10.2. The summed E-state index contributed by atoms with van der Waals surface area (Å²) >= 11 is 5.88. The first-order valence-electron chi connectivity index (χ1n) is 12.7. The van der Waals surface area contributed by atoms with E-state index in [9.17, 15) is 23.3 Å². The molecule has 0 unspecified atom stereocenters. The fourth-order valence-electron chi connectivity index (χ4n) is 4.04. The van der Waals surface area contributed by atoms with E-state index in [1.807, 2.05) is 37.3 Å². The minimum Gasteiger partial charge on any atom is -0.497 e. The highest BCUT2D eigenvalue weighted by Gasteiger charge is 2.29. The lowest BCUT2D eigenvalue weighted by molar-refractivity contribution is -0.384. The van der Waals surface area contributed by atoms with Gasteiger partial charge in [0.1, 0.15) is 16.6 Å². The number of hydrogen-bond donors (Lipinski definition) is 1. The predicted molar refractivity (Wildman–Crippen MR) is 156 cm³/mol. The number of rotatable bonds is 12. The standard InChI is InChI=1S/C28H28ClN5O6S/c1-3-4-16-32(41(38,39)23-14-15-24(29)26(17-23)34(36)37)19-28(35)30-27-18-25(20-8-6-5-7-9-20)31-33(27)21-10-12-22(40-2)13-11-21/h5-15,17-18H,3-4,16,19H2,1-2H3,(H,30,35). The van der Waals surface area contributed by atoms with Crippen molar-refractivity contribution in [1.29, 1.82) is 0 Å². The number of ether oxygens (including phenoxy) is 1. The summed E-state index contributed by atoms with van der Waals surface area (Å²) in [6.45, 7) is 1.40. The van der Waals surface area contributed by atoms with Crippen LogP contribution in [0.25, 0.3) is 16.9 Å². The smallest absolute Gasteiger partial charge is 0.289 e. The number of hydrogen-bond acceptors (Lipinski definition) is 7. The summed E-state index contributed by atoms with van der Waals surface area (Å²) in [4.78, 5) is 23.6. The molecule has 4 rings (SSSR count). The third kappa shape index (κ3) is 6.91. The molecule has 1 N–H and O–H groups in total. The molecule has 0 saturated heterocycles. The number of amides is 1. The van der Waals surface area contributed by atoms with Crippen LogP contribution in [-0.2, 0) is 14.8 Å². The van der Waals surface area contributed by atoms with E-state index in [1.165, 1.54) is 6.07 Å². The van der Waals surface area contributed by atoms with Crippen molar-refractivity contribution in [2.45, 2.75) is 24.7 Å². The number of methoxy groups -OCH3 is 1. The minimum absolute atomic E-state index is 0.0374. The molecule has 0 aliphatic carbocycles. The minimum atomic E-state index is -4.27. The molecule has 3 aromatic carbocycles. The number of aromatic nitrogens is 2. The van der Waals surface area contributed by atoms with Crippen LogP contribution in [0.3, 0.4) is 0 Å². The maximum absolute atomic E-state index is 13.5. The molecule has 1 aromatic heterocycles. The van der Waals surface area contributed by atoms with Gasteiger partial charge in [0.25, 0.3) is 5.69 Å². The molecular formula is C28H28ClN5O6S. The van der Waals surface area contributed by atoms with E-state index in [2.05, 4.69) is 10.4 Å². The number of halogens is 1. The van der Waals surface area contributed by atoms with E-state index in [-0.39, 0.29) is 16.5 Å². The quantitative estimate of drug-likeness (QED) is 0.167. The first-order valence-corrected chi connectivity index (χ1v) is 14.5. The zero-order chi connectivity index (χ0) is 29.6. The van der Waals surface area contributed by atoms with E-state index in [0.717, 1.165) is 22.0 Å². The van der Waals surface area contributed by atoms with Gasteiger partial charge in [0.15, 0.2) is 0 Å². The van der Waals surface area contributed by atoms with Crippen LogP contribution in [0.5, 0.6) is 5.75 Å². The Balaban J connectivity index is 1.65. The van der Waals surface area contributed by atoms with Gasteiger partial charge in [0.2, 0.25) is 15.9 Å². The highest BCUT2D eigenvalue weighted by atomic mass is 35.5. The molecule has 0 atom stereocenters. The highest BCUT2D eigenvalue weighted by molar-refractivity contribution is 7.89. The Hall–Kier alpha value is -4.26. The number of nitro benzene ring substituents is 1. The molecule has 0 aliphatic heterocycles. The summed E-state index contributed by atoms with van der Waals surface area (Å²) in [5.74, 6) is 0.366. The fraction of sp³-hybridized carbons (Fsp3) is 0.214. The molecule has 0 bridgehead atoms. The number of carbonyl (C=O) groups is 1. The van der Waals surface area contributed by atoms with Crippen LogP contribution in [0.1, 0.15) is 19.8 Å². The molecule has 0 saturated carbocycles. The number of unbranched alkanes of at least 4 members (excludes halogenated alkanes) is 1. The molecule has 0 spiro atoms. The second kappa shape index (κ2) is 12.9. The maximum Gasteiger partial charge on any atom is 0.289 e. The van der Waals surface area contributed by atoms with E-state index >= 15 is 0 Å². The molecule has 1 amide bonds. The second-order valence-corrected chi connectivity index (χ2v) is 11.3. The highest BCUT2D eigenvalue weighted by Crippen LogP contribution is 2.29. The summed E-state index contributed by atoms with van der Waals surface area (Å²) in [5.41, 5.74) is 1.53. The number of nitrogens with one attached hydrogen (secondary N) is 1. The molecule has 214 valence electrons. The lowest BCUT2D eigenvalue weighted by Gasteiger charge is -2.21. The zero-order valence-electron chi connectivity index (χ0n) is 22.4. The van der Waals surface area contributed by atoms with Gasteiger partial charge in [-0.25, -0.2) is 13.1 Å². The SMILES string of the molecule is CCCCN(CC(=O)Nc1cc(-c2ccccc2)nn1-c1ccc(OC)cc1)S(=O)(=O)c1ccc(Cl)c([N+](=O)[O-])c1. The Bertz CT molecular complexity index is 1640. The van der Waals surface area contributed by atoms with Gasteiger partial charge in [0.05, 0.1) is 34.9 Å². The fourth-order valence-corrected chi connectivity index (χ4v) is 5.69. The number of carbonyl (C=O) groups excluding carboxylic acids is 1. The van der Waals surface area contributed by atoms with Crippen LogP contribution in [0, 0.1) is 10.1 Å². The zero-order valence-corrected chi connectivity index (χ0v) is 23.9. The molecule has 0 fully saturated rings. The third-order valence-electron chi connectivity index (χ3n) is 6.20. The molecule has 13 heteroatoms. The van der Waals surface area contributed by atoms with Crippen LogP contribution >= 0.6 is 11.6 Å².